The third kappa shape index (κ3) is 3.37. The summed E-state index contributed by atoms with van der Waals surface area (Å²) in [5.41, 5.74) is 5.44. The molecule has 3 heteroatoms. The highest BCUT2D eigenvalue weighted by Gasteiger charge is 2.18. The zero-order chi connectivity index (χ0) is 16.4. The summed E-state index contributed by atoms with van der Waals surface area (Å²) in [4.78, 5) is 8.53. The van der Waals surface area contributed by atoms with Crippen LogP contribution in [-0.2, 0) is 13.1 Å². The van der Waals surface area contributed by atoms with Crippen molar-refractivity contribution in [3.05, 3.63) is 71.4 Å². The lowest BCUT2D eigenvalue weighted by atomic mass is 10.1. The predicted octanol–water partition coefficient (Wildman–Crippen LogP) is 3.79. The van der Waals surface area contributed by atoms with Crippen LogP contribution in [0.5, 0.6) is 0 Å². The predicted molar refractivity (Wildman–Crippen MR) is 100 cm³/mol. The summed E-state index contributed by atoms with van der Waals surface area (Å²) >= 11 is 0. The maximum atomic E-state index is 3.39. The highest BCUT2D eigenvalue weighted by Crippen LogP contribution is 2.20. The summed E-state index contributed by atoms with van der Waals surface area (Å²) < 4.78 is 0. The highest BCUT2D eigenvalue weighted by molar-refractivity contribution is 5.82. The third-order valence-electron chi connectivity index (χ3n) is 5.02. The van der Waals surface area contributed by atoms with Gasteiger partial charge in [-0.05, 0) is 24.1 Å². The van der Waals surface area contributed by atoms with Crippen LogP contribution in [0.3, 0.4) is 0 Å². The number of hydrogen-bond donors (Lipinski definition) is 1. The fourth-order valence-electron chi connectivity index (χ4n) is 3.68. The normalized spacial score (nSPS) is 16.7. The van der Waals surface area contributed by atoms with Crippen LogP contribution in [0.4, 0.5) is 0 Å². The minimum absolute atomic E-state index is 1.04. The van der Waals surface area contributed by atoms with Gasteiger partial charge in [-0.25, -0.2) is 0 Å². The summed E-state index contributed by atoms with van der Waals surface area (Å²) in [6.45, 7) is 8.87. The number of aromatic amines is 1. The van der Waals surface area contributed by atoms with Gasteiger partial charge in [0.05, 0.1) is 0 Å². The molecular formula is C21H25N3. The Labute approximate surface area is 143 Å². The first-order chi connectivity index (χ1) is 11.8. The van der Waals surface area contributed by atoms with Crippen LogP contribution < -0.4 is 0 Å². The molecule has 24 heavy (non-hydrogen) atoms. The van der Waals surface area contributed by atoms with Crippen molar-refractivity contribution >= 4 is 10.9 Å². The number of benzene rings is 2. The number of nitrogens with zero attached hydrogens (tertiary/aromatic N) is 2. The molecule has 0 amide bonds. The minimum atomic E-state index is 1.04. The van der Waals surface area contributed by atoms with E-state index in [0.717, 1.165) is 39.3 Å². The summed E-state index contributed by atoms with van der Waals surface area (Å²) in [7, 11) is 0. The molecule has 3 nitrogen and oxygen atoms in total. The molecule has 1 N–H and O–H groups in total. The second-order valence-electron chi connectivity index (χ2n) is 6.90. The van der Waals surface area contributed by atoms with Crippen LogP contribution >= 0.6 is 0 Å². The van der Waals surface area contributed by atoms with Crippen LogP contribution in [0.15, 0.2) is 54.7 Å². The average Bonchev–Trinajstić information content (AvgIpc) is 3.00. The Hall–Kier alpha value is -2.10. The van der Waals surface area contributed by atoms with Crippen molar-refractivity contribution in [1.29, 1.82) is 0 Å². The lowest BCUT2D eigenvalue weighted by Crippen LogP contribution is -2.45. The van der Waals surface area contributed by atoms with Gasteiger partial charge in [-0.2, -0.15) is 0 Å². The summed E-state index contributed by atoms with van der Waals surface area (Å²) in [5, 5.41) is 1.36. The second kappa shape index (κ2) is 6.80. The molecule has 1 aromatic heterocycles. The number of para-hydroxylation sites is 1. The molecular weight excluding hydrogens is 294 g/mol. The lowest BCUT2D eigenvalue weighted by molar-refractivity contribution is 0.122. The van der Waals surface area contributed by atoms with Crippen molar-refractivity contribution in [2.75, 3.05) is 26.2 Å². The van der Waals surface area contributed by atoms with Crippen molar-refractivity contribution in [2.24, 2.45) is 0 Å². The Kier molecular flexibility index (Phi) is 4.37. The Bertz CT molecular complexity index is 813. The molecule has 2 aromatic carbocycles. The summed E-state index contributed by atoms with van der Waals surface area (Å²) in [6, 6.07) is 17.5. The van der Waals surface area contributed by atoms with Gasteiger partial charge >= 0.3 is 0 Å². The van der Waals surface area contributed by atoms with E-state index in [1.807, 2.05) is 0 Å². The standard InChI is InChI=1S/C21H25N3/c1-17-5-4-6-18(13-17)15-23-9-11-24(12-10-23)16-19-14-22-21-8-3-2-7-20(19)21/h2-8,13-14,22H,9-12,15-16H2,1H3. The first-order valence-electron chi connectivity index (χ1n) is 8.83. The molecule has 124 valence electrons. The van der Waals surface area contributed by atoms with E-state index in [-0.39, 0.29) is 0 Å². The highest BCUT2D eigenvalue weighted by atomic mass is 15.3. The Morgan fingerprint density at radius 2 is 1.62 bits per heavy atom. The van der Waals surface area contributed by atoms with Gasteiger partial charge in [-0.3, -0.25) is 9.80 Å². The largest absolute Gasteiger partial charge is 0.361 e. The van der Waals surface area contributed by atoms with Crippen molar-refractivity contribution < 1.29 is 0 Å². The molecule has 0 spiro atoms. The van der Waals surface area contributed by atoms with Crippen LogP contribution in [0.25, 0.3) is 10.9 Å². The molecule has 0 unspecified atom stereocenters. The van der Waals surface area contributed by atoms with E-state index in [0.29, 0.717) is 0 Å². The first kappa shape index (κ1) is 15.4. The maximum Gasteiger partial charge on any atom is 0.0457 e. The van der Waals surface area contributed by atoms with Crippen LogP contribution in [-0.4, -0.2) is 41.0 Å². The number of rotatable bonds is 4. The molecule has 0 atom stereocenters. The van der Waals surface area contributed by atoms with Gasteiger partial charge in [0.1, 0.15) is 0 Å². The van der Waals surface area contributed by atoms with Gasteiger partial charge in [-0.15, -0.1) is 0 Å². The number of aromatic nitrogens is 1. The number of aryl methyl sites for hydroxylation is 1. The molecule has 1 fully saturated rings. The van der Waals surface area contributed by atoms with Gasteiger partial charge in [-0.1, -0.05) is 48.0 Å². The van der Waals surface area contributed by atoms with E-state index >= 15 is 0 Å². The number of piperazine rings is 1. The van der Waals surface area contributed by atoms with Crippen LogP contribution in [0.2, 0.25) is 0 Å². The number of fused-ring (bicyclic) bond motifs is 1. The van der Waals surface area contributed by atoms with E-state index in [9.17, 15) is 0 Å². The molecule has 3 aromatic rings. The molecule has 1 aliphatic rings. The Morgan fingerprint density at radius 3 is 2.42 bits per heavy atom. The average molecular weight is 319 g/mol. The van der Waals surface area contributed by atoms with Gasteiger partial charge in [0.15, 0.2) is 0 Å². The van der Waals surface area contributed by atoms with E-state index in [2.05, 4.69) is 76.4 Å². The smallest absolute Gasteiger partial charge is 0.0457 e. The summed E-state index contributed by atoms with van der Waals surface area (Å²) in [5.74, 6) is 0. The van der Waals surface area contributed by atoms with Crippen molar-refractivity contribution in [3.8, 4) is 0 Å². The molecule has 1 saturated heterocycles. The zero-order valence-electron chi connectivity index (χ0n) is 14.3. The molecule has 4 rings (SSSR count). The number of hydrogen-bond acceptors (Lipinski definition) is 2. The van der Waals surface area contributed by atoms with Crippen molar-refractivity contribution in [2.45, 2.75) is 20.0 Å². The van der Waals surface area contributed by atoms with Gasteiger partial charge in [0.25, 0.3) is 0 Å². The molecule has 0 saturated carbocycles. The maximum absolute atomic E-state index is 3.39. The number of H-pyrrole nitrogens is 1. The van der Waals surface area contributed by atoms with Crippen LogP contribution in [0, 0.1) is 6.92 Å². The number of nitrogens with one attached hydrogen (secondary N) is 1. The minimum Gasteiger partial charge on any atom is -0.361 e. The summed E-state index contributed by atoms with van der Waals surface area (Å²) in [6.07, 6.45) is 2.17. The van der Waals surface area contributed by atoms with Crippen molar-refractivity contribution in [1.82, 2.24) is 14.8 Å². The molecule has 0 bridgehead atoms. The van der Waals surface area contributed by atoms with Gasteiger partial charge in [0, 0.05) is 56.4 Å². The van der Waals surface area contributed by atoms with Gasteiger partial charge < -0.3 is 4.98 Å². The second-order valence-corrected chi connectivity index (χ2v) is 6.90. The monoisotopic (exact) mass is 319 g/mol. The van der Waals surface area contributed by atoms with E-state index < -0.39 is 0 Å². The quantitative estimate of drug-likeness (QED) is 0.790. The van der Waals surface area contributed by atoms with E-state index in [1.54, 1.807) is 0 Å². The van der Waals surface area contributed by atoms with Gasteiger partial charge in [0.2, 0.25) is 0 Å². The van der Waals surface area contributed by atoms with E-state index in [1.165, 1.54) is 27.6 Å². The SMILES string of the molecule is Cc1cccc(CN2CCN(Cc3c[nH]c4ccccc34)CC2)c1. The fourth-order valence-corrected chi connectivity index (χ4v) is 3.68. The third-order valence-corrected chi connectivity index (χ3v) is 5.02. The Morgan fingerprint density at radius 1 is 0.875 bits per heavy atom. The lowest BCUT2D eigenvalue weighted by Gasteiger charge is -2.34. The molecule has 0 aliphatic carbocycles. The first-order valence-corrected chi connectivity index (χ1v) is 8.83. The fraction of sp³-hybridized carbons (Fsp3) is 0.333. The van der Waals surface area contributed by atoms with E-state index in [4.69, 9.17) is 0 Å². The van der Waals surface area contributed by atoms with Crippen molar-refractivity contribution in [3.63, 3.8) is 0 Å². The molecule has 1 aliphatic heterocycles. The Balaban J connectivity index is 1.34. The van der Waals surface area contributed by atoms with Crippen LogP contribution in [0.1, 0.15) is 16.7 Å². The molecule has 2 heterocycles. The molecule has 0 radical (unpaired) electrons. The zero-order valence-corrected chi connectivity index (χ0v) is 14.3. The topological polar surface area (TPSA) is 22.3 Å².